The molecule has 0 bridgehead atoms. The highest BCUT2D eigenvalue weighted by molar-refractivity contribution is 8.00. The maximum Gasteiger partial charge on any atom is 0.263 e. The zero-order valence-corrected chi connectivity index (χ0v) is 20.5. The lowest BCUT2D eigenvalue weighted by Crippen LogP contribution is -2.50. The SMILES string of the molecule is C=CCn1c(=O)c2ccccc2n2c(SC(C)C(=O)N3CCN(Cc4ccccc4)CC3)nnc12. The van der Waals surface area contributed by atoms with Crippen LogP contribution < -0.4 is 5.56 Å². The van der Waals surface area contributed by atoms with Crippen molar-refractivity contribution < 1.29 is 4.79 Å². The Balaban J connectivity index is 1.33. The van der Waals surface area contributed by atoms with E-state index in [2.05, 4.69) is 45.9 Å². The Labute approximate surface area is 207 Å². The van der Waals surface area contributed by atoms with Crippen molar-refractivity contribution in [2.45, 2.75) is 30.4 Å². The quantitative estimate of drug-likeness (QED) is 0.294. The number of fused-ring (bicyclic) bond motifs is 3. The number of benzene rings is 2. The van der Waals surface area contributed by atoms with Crippen molar-refractivity contribution in [1.29, 1.82) is 0 Å². The van der Waals surface area contributed by atoms with Gasteiger partial charge in [-0.3, -0.25) is 23.5 Å². The van der Waals surface area contributed by atoms with E-state index in [1.54, 1.807) is 16.7 Å². The molecule has 35 heavy (non-hydrogen) atoms. The molecule has 8 nitrogen and oxygen atoms in total. The molecule has 1 aliphatic heterocycles. The van der Waals surface area contributed by atoms with E-state index in [1.807, 2.05) is 40.5 Å². The van der Waals surface area contributed by atoms with Crippen molar-refractivity contribution >= 4 is 34.3 Å². The number of thioether (sulfide) groups is 1. The summed E-state index contributed by atoms with van der Waals surface area (Å²) in [6.07, 6.45) is 1.67. The van der Waals surface area contributed by atoms with Gasteiger partial charge in [-0.05, 0) is 24.6 Å². The van der Waals surface area contributed by atoms with Crippen molar-refractivity contribution in [2.75, 3.05) is 26.2 Å². The van der Waals surface area contributed by atoms with Crippen molar-refractivity contribution in [2.24, 2.45) is 0 Å². The molecular formula is C26H28N6O2S. The summed E-state index contributed by atoms with van der Waals surface area (Å²) < 4.78 is 3.43. The molecule has 1 saturated heterocycles. The molecule has 2 aromatic carbocycles. The molecular weight excluding hydrogens is 460 g/mol. The number of aromatic nitrogens is 4. The third kappa shape index (κ3) is 4.61. The van der Waals surface area contributed by atoms with Crippen LogP contribution in [0.4, 0.5) is 0 Å². The summed E-state index contributed by atoms with van der Waals surface area (Å²) in [7, 11) is 0. The van der Waals surface area contributed by atoms with E-state index < -0.39 is 0 Å². The minimum atomic E-state index is -0.332. The first kappa shape index (κ1) is 23.3. The first-order valence-electron chi connectivity index (χ1n) is 11.8. The summed E-state index contributed by atoms with van der Waals surface area (Å²) in [4.78, 5) is 30.6. The number of para-hydroxylation sites is 1. The van der Waals surface area contributed by atoms with Gasteiger partial charge >= 0.3 is 0 Å². The Morgan fingerprint density at radius 3 is 2.51 bits per heavy atom. The second-order valence-electron chi connectivity index (χ2n) is 8.69. The normalized spacial score (nSPS) is 15.5. The van der Waals surface area contributed by atoms with Gasteiger partial charge in [0.2, 0.25) is 11.7 Å². The van der Waals surface area contributed by atoms with Crippen molar-refractivity contribution in [1.82, 2.24) is 29.0 Å². The zero-order chi connectivity index (χ0) is 24.4. The molecule has 0 radical (unpaired) electrons. The molecule has 180 valence electrons. The monoisotopic (exact) mass is 488 g/mol. The number of amides is 1. The standard InChI is InChI=1S/C26H28N6O2S/c1-3-13-31-24(34)21-11-7-8-12-22(21)32-25(31)27-28-26(32)35-19(2)23(33)30-16-14-29(15-17-30)18-20-9-5-4-6-10-20/h3-12,19H,1,13-18H2,2H3. The fraction of sp³-hybridized carbons (Fsp3) is 0.308. The molecule has 0 saturated carbocycles. The Kier molecular flexibility index (Phi) is 6.70. The molecule has 1 unspecified atom stereocenters. The van der Waals surface area contributed by atoms with Crippen LogP contribution in [0.1, 0.15) is 12.5 Å². The molecule has 3 heterocycles. The van der Waals surface area contributed by atoms with E-state index in [4.69, 9.17) is 0 Å². The van der Waals surface area contributed by atoms with Gasteiger partial charge in [0, 0.05) is 39.3 Å². The van der Waals surface area contributed by atoms with Gasteiger partial charge in [0.15, 0.2) is 5.16 Å². The highest BCUT2D eigenvalue weighted by Crippen LogP contribution is 2.26. The Hall–Kier alpha value is -3.43. The van der Waals surface area contributed by atoms with Crippen LogP contribution in [0.15, 0.2) is 77.2 Å². The maximum absolute atomic E-state index is 13.3. The van der Waals surface area contributed by atoms with Crippen LogP contribution >= 0.6 is 11.8 Å². The molecule has 0 spiro atoms. The molecule has 0 aliphatic carbocycles. The number of hydrogen-bond acceptors (Lipinski definition) is 6. The Morgan fingerprint density at radius 2 is 1.77 bits per heavy atom. The molecule has 5 rings (SSSR count). The third-order valence-corrected chi connectivity index (χ3v) is 7.38. The second kappa shape index (κ2) is 10.1. The number of carbonyl (C=O) groups is 1. The van der Waals surface area contributed by atoms with Gasteiger partial charge < -0.3 is 4.90 Å². The summed E-state index contributed by atoms with van der Waals surface area (Å²) in [6, 6.07) is 17.8. The minimum absolute atomic E-state index is 0.0924. The van der Waals surface area contributed by atoms with E-state index >= 15 is 0 Å². The lowest BCUT2D eigenvalue weighted by molar-refractivity contribution is -0.132. The molecule has 0 N–H and O–H groups in total. The van der Waals surface area contributed by atoms with Crippen LogP contribution in [0.3, 0.4) is 0 Å². The fourth-order valence-corrected chi connectivity index (χ4v) is 5.48. The molecule has 4 aromatic rings. The fourth-order valence-electron chi connectivity index (χ4n) is 4.54. The number of allylic oxidation sites excluding steroid dienone is 1. The Bertz CT molecular complexity index is 1420. The topological polar surface area (TPSA) is 75.7 Å². The average Bonchev–Trinajstić information content (AvgIpc) is 3.30. The number of hydrogen-bond donors (Lipinski definition) is 0. The number of nitrogens with zero attached hydrogens (tertiary/aromatic N) is 6. The van der Waals surface area contributed by atoms with E-state index in [0.717, 1.165) is 25.2 Å². The highest BCUT2D eigenvalue weighted by atomic mass is 32.2. The maximum atomic E-state index is 13.3. The molecule has 9 heteroatoms. The van der Waals surface area contributed by atoms with Crippen LogP contribution in [0.25, 0.3) is 16.7 Å². The van der Waals surface area contributed by atoms with Crippen molar-refractivity contribution in [3.05, 3.63) is 83.2 Å². The predicted molar refractivity (Wildman–Crippen MR) is 139 cm³/mol. The van der Waals surface area contributed by atoms with Crippen molar-refractivity contribution in [3.8, 4) is 0 Å². The van der Waals surface area contributed by atoms with Crippen LogP contribution in [-0.4, -0.2) is 66.3 Å². The van der Waals surface area contributed by atoms with E-state index in [-0.39, 0.29) is 16.7 Å². The second-order valence-corrected chi connectivity index (χ2v) is 9.99. The van der Waals surface area contributed by atoms with Crippen LogP contribution in [0.2, 0.25) is 0 Å². The predicted octanol–water partition coefficient (Wildman–Crippen LogP) is 3.06. The summed E-state index contributed by atoms with van der Waals surface area (Å²) in [5.41, 5.74) is 1.89. The van der Waals surface area contributed by atoms with Crippen LogP contribution in [-0.2, 0) is 17.9 Å². The van der Waals surface area contributed by atoms with Crippen LogP contribution in [0, 0.1) is 0 Å². The van der Waals surface area contributed by atoms with Gasteiger partial charge in [-0.1, -0.05) is 60.3 Å². The summed E-state index contributed by atoms with van der Waals surface area (Å²) >= 11 is 1.38. The lowest BCUT2D eigenvalue weighted by Gasteiger charge is -2.35. The zero-order valence-electron chi connectivity index (χ0n) is 19.7. The van der Waals surface area contributed by atoms with Gasteiger partial charge in [-0.25, -0.2) is 0 Å². The third-order valence-electron chi connectivity index (χ3n) is 6.35. The minimum Gasteiger partial charge on any atom is -0.339 e. The highest BCUT2D eigenvalue weighted by Gasteiger charge is 2.27. The van der Waals surface area contributed by atoms with E-state index in [9.17, 15) is 9.59 Å². The summed E-state index contributed by atoms with van der Waals surface area (Å²) in [6.45, 7) is 10.0. The summed E-state index contributed by atoms with van der Waals surface area (Å²) in [5, 5.41) is 9.50. The van der Waals surface area contributed by atoms with Crippen molar-refractivity contribution in [3.63, 3.8) is 0 Å². The molecule has 1 atom stereocenters. The molecule has 1 aliphatic rings. The van der Waals surface area contributed by atoms with Gasteiger partial charge in [0.25, 0.3) is 5.56 Å². The molecule has 1 fully saturated rings. The largest absolute Gasteiger partial charge is 0.339 e. The number of piperazine rings is 1. The van der Waals surface area contributed by atoms with Gasteiger partial charge in [0.1, 0.15) is 0 Å². The van der Waals surface area contributed by atoms with Crippen LogP contribution in [0.5, 0.6) is 0 Å². The summed E-state index contributed by atoms with van der Waals surface area (Å²) in [5.74, 6) is 0.542. The first-order chi connectivity index (χ1) is 17.1. The first-order valence-corrected chi connectivity index (χ1v) is 12.6. The molecule has 2 aromatic heterocycles. The number of carbonyl (C=O) groups excluding carboxylic acids is 1. The van der Waals surface area contributed by atoms with Gasteiger partial charge in [-0.2, -0.15) is 0 Å². The smallest absolute Gasteiger partial charge is 0.263 e. The van der Waals surface area contributed by atoms with Gasteiger partial charge in [0.05, 0.1) is 16.2 Å². The van der Waals surface area contributed by atoms with E-state index in [0.29, 0.717) is 36.0 Å². The Morgan fingerprint density at radius 1 is 1.06 bits per heavy atom. The number of rotatable bonds is 7. The lowest BCUT2D eigenvalue weighted by atomic mass is 10.2. The van der Waals surface area contributed by atoms with Gasteiger partial charge in [-0.15, -0.1) is 16.8 Å². The van der Waals surface area contributed by atoms with E-state index in [1.165, 1.54) is 17.3 Å². The average molecular weight is 489 g/mol. The molecule has 1 amide bonds.